The van der Waals surface area contributed by atoms with Gasteiger partial charge >= 0.3 is 0 Å². The molecule has 0 aliphatic heterocycles. The Morgan fingerprint density at radius 3 is 2.76 bits per heavy atom. The minimum atomic E-state index is -0.160. The summed E-state index contributed by atoms with van der Waals surface area (Å²) in [5, 5.41) is 3.43. The van der Waals surface area contributed by atoms with Crippen molar-refractivity contribution in [3.8, 4) is 0 Å². The van der Waals surface area contributed by atoms with Gasteiger partial charge < -0.3 is 5.32 Å². The van der Waals surface area contributed by atoms with Gasteiger partial charge in [0.2, 0.25) is 0 Å². The van der Waals surface area contributed by atoms with E-state index >= 15 is 0 Å². The Morgan fingerprint density at radius 1 is 1.41 bits per heavy atom. The van der Waals surface area contributed by atoms with E-state index in [1.54, 1.807) is 12.1 Å². The van der Waals surface area contributed by atoms with Gasteiger partial charge in [0.15, 0.2) is 0 Å². The summed E-state index contributed by atoms with van der Waals surface area (Å²) in [6.07, 6.45) is 2.82. The Hall–Kier alpha value is -1.15. The summed E-state index contributed by atoms with van der Waals surface area (Å²) in [7, 11) is 0. The van der Waals surface area contributed by atoms with E-state index in [1.807, 2.05) is 6.07 Å². The highest BCUT2D eigenvalue weighted by Crippen LogP contribution is 2.13. The van der Waals surface area contributed by atoms with Gasteiger partial charge in [0.1, 0.15) is 5.82 Å². The van der Waals surface area contributed by atoms with Gasteiger partial charge in [-0.1, -0.05) is 38.1 Å². The van der Waals surface area contributed by atoms with Gasteiger partial charge in [0.05, 0.1) is 0 Å². The summed E-state index contributed by atoms with van der Waals surface area (Å²) in [4.78, 5) is 0. The van der Waals surface area contributed by atoms with Crippen LogP contribution in [0, 0.1) is 5.82 Å². The first-order chi connectivity index (χ1) is 8.15. The van der Waals surface area contributed by atoms with Crippen LogP contribution in [0.25, 0.3) is 0 Å². The molecule has 1 nitrogen and oxygen atoms in total. The van der Waals surface area contributed by atoms with Crippen LogP contribution in [0.15, 0.2) is 36.4 Å². The molecule has 0 saturated carbocycles. The second kappa shape index (κ2) is 7.23. The number of nitrogens with one attached hydrogen (secondary N) is 1. The van der Waals surface area contributed by atoms with Crippen LogP contribution >= 0.6 is 0 Å². The second-order valence-electron chi connectivity index (χ2n) is 4.40. The zero-order valence-electron chi connectivity index (χ0n) is 10.8. The number of halogens is 1. The maximum Gasteiger partial charge on any atom is 0.123 e. The van der Waals surface area contributed by atoms with E-state index in [0.717, 1.165) is 31.4 Å². The van der Waals surface area contributed by atoms with Crippen molar-refractivity contribution in [2.75, 3.05) is 6.54 Å². The lowest BCUT2D eigenvalue weighted by Gasteiger charge is -2.18. The Morgan fingerprint density at radius 2 is 2.18 bits per heavy atom. The number of hydrogen-bond acceptors (Lipinski definition) is 1. The lowest BCUT2D eigenvalue weighted by Crippen LogP contribution is -2.31. The molecular weight excluding hydrogens is 213 g/mol. The molecule has 0 amide bonds. The largest absolute Gasteiger partial charge is 0.314 e. The van der Waals surface area contributed by atoms with Gasteiger partial charge in [0, 0.05) is 6.04 Å². The molecule has 1 atom stereocenters. The summed E-state index contributed by atoms with van der Waals surface area (Å²) in [5.74, 6) is -0.160. The topological polar surface area (TPSA) is 12.0 Å². The van der Waals surface area contributed by atoms with Gasteiger partial charge in [-0.2, -0.15) is 0 Å². The zero-order valence-corrected chi connectivity index (χ0v) is 10.8. The monoisotopic (exact) mass is 235 g/mol. The lowest BCUT2D eigenvalue weighted by atomic mass is 9.98. The van der Waals surface area contributed by atoms with Gasteiger partial charge in [-0.25, -0.2) is 4.39 Å². The van der Waals surface area contributed by atoms with Gasteiger partial charge in [0.25, 0.3) is 0 Å². The minimum Gasteiger partial charge on any atom is -0.314 e. The van der Waals surface area contributed by atoms with E-state index in [2.05, 4.69) is 25.7 Å². The lowest BCUT2D eigenvalue weighted by molar-refractivity contribution is 0.514. The van der Waals surface area contributed by atoms with E-state index in [-0.39, 0.29) is 5.82 Å². The zero-order chi connectivity index (χ0) is 12.7. The third-order valence-electron chi connectivity index (χ3n) is 2.90. The van der Waals surface area contributed by atoms with Crippen molar-refractivity contribution >= 4 is 0 Å². The fourth-order valence-electron chi connectivity index (χ4n) is 1.95. The summed E-state index contributed by atoms with van der Waals surface area (Å²) in [5.41, 5.74) is 2.28. The molecule has 0 saturated heterocycles. The van der Waals surface area contributed by atoms with Crippen molar-refractivity contribution in [2.45, 2.75) is 39.2 Å². The molecule has 1 N–H and O–H groups in total. The van der Waals surface area contributed by atoms with Crippen molar-refractivity contribution in [2.24, 2.45) is 0 Å². The third kappa shape index (κ3) is 5.14. The van der Waals surface area contributed by atoms with Crippen molar-refractivity contribution in [1.29, 1.82) is 0 Å². The van der Waals surface area contributed by atoms with Crippen molar-refractivity contribution in [1.82, 2.24) is 5.32 Å². The molecule has 17 heavy (non-hydrogen) atoms. The van der Waals surface area contributed by atoms with Crippen molar-refractivity contribution in [3.63, 3.8) is 0 Å². The first kappa shape index (κ1) is 13.9. The molecule has 1 aromatic carbocycles. The highest BCUT2D eigenvalue weighted by molar-refractivity contribution is 5.18. The normalized spacial score (nSPS) is 12.4. The smallest absolute Gasteiger partial charge is 0.123 e. The average molecular weight is 235 g/mol. The summed E-state index contributed by atoms with van der Waals surface area (Å²) >= 11 is 0. The van der Waals surface area contributed by atoms with Crippen molar-refractivity contribution in [3.05, 3.63) is 47.8 Å². The Balaban J connectivity index is 2.62. The number of benzene rings is 1. The molecule has 0 heterocycles. The van der Waals surface area contributed by atoms with E-state index < -0.39 is 0 Å². The highest BCUT2D eigenvalue weighted by atomic mass is 19.1. The molecule has 2 heteroatoms. The van der Waals surface area contributed by atoms with E-state index in [1.165, 1.54) is 11.6 Å². The van der Waals surface area contributed by atoms with Crippen LogP contribution in [0.2, 0.25) is 0 Å². The standard InChI is InChI=1S/C15H22FN/c1-4-12(3)9-15(17-5-2)11-13-7-6-8-14(16)10-13/h6-8,10,15,17H,3-5,9,11H2,1-2H3. The van der Waals surface area contributed by atoms with E-state index in [9.17, 15) is 4.39 Å². The number of hydrogen-bond donors (Lipinski definition) is 1. The molecule has 0 aliphatic rings. The molecule has 0 aromatic heterocycles. The van der Waals surface area contributed by atoms with E-state index in [0.29, 0.717) is 6.04 Å². The first-order valence-corrected chi connectivity index (χ1v) is 6.30. The predicted molar refractivity (Wildman–Crippen MR) is 71.6 cm³/mol. The maximum atomic E-state index is 13.1. The number of rotatable bonds is 7. The maximum absolute atomic E-state index is 13.1. The van der Waals surface area contributed by atoms with Crippen LogP contribution < -0.4 is 5.32 Å². The van der Waals surface area contributed by atoms with Crippen LogP contribution in [0.3, 0.4) is 0 Å². The first-order valence-electron chi connectivity index (χ1n) is 6.30. The Bertz CT molecular complexity index is 360. The fraction of sp³-hybridized carbons (Fsp3) is 0.467. The van der Waals surface area contributed by atoms with Crippen LogP contribution in [-0.2, 0) is 6.42 Å². The third-order valence-corrected chi connectivity index (χ3v) is 2.90. The van der Waals surface area contributed by atoms with Gasteiger partial charge in [-0.3, -0.25) is 0 Å². The SMILES string of the molecule is C=C(CC)CC(Cc1cccc(F)c1)NCC. The molecule has 1 aromatic rings. The average Bonchev–Trinajstić information content (AvgIpc) is 2.29. The van der Waals surface area contributed by atoms with Crippen LogP contribution in [0.5, 0.6) is 0 Å². The van der Waals surface area contributed by atoms with Crippen LogP contribution in [-0.4, -0.2) is 12.6 Å². The second-order valence-corrected chi connectivity index (χ2v) is 4.40. The predicted octanol–water partition coefficient (Wildman–Crippen LogP) is 3.70. The Kier molecular flexibility index (Phi) is 5.92. The molecule has 0 radical (unpaired) electrons. The van der Waals surface area contributed by atoms with Crippen LogP contribution in [0.4, 0.5) is 4.39 Å². The van der Waals surface area contributed by atoms with E-state index in [4.69, 9.17) is 0 Å². The van der Waals surface area contributed by atoms with Gasteiger partial charge in [-0.15, -0.1) is 0 Å². The van der Waals surface area contributed by atoms with Crippen LogP contribution in [0.1, 0.15) is 32.3 Å². The molecule has 94 valence electrons. The molecule has 1 unspecified atom stereocenters. The molecule has 0 spiro atoms. The molecule has 0 aliphatic carbocycles. The molecule has 0 bridgehead atoms. The molecular formula is C15H22FN. The molecule has 0 fully saturated rings. The minimum absolute atomic E-state index is 0.160. The highest BCUT2D eigenvalue weighted by Gasteiger charge is 2.09. The molecule has 1 rings (SSSR count). The summed E-state index contributed by atoms with van der Waals surface area (Å²) < 4.78 is 13.1. The quantitative estimate of drug-likeness (QED) is 0.710. The number of likely N-dealkylation sites (N-methyl/N-ethyl adjacent to an activating group) is 1. The van der Waals surface area contributed by atoms with Gasteiger partial charge in [-0.05, 0) is 43.5 Å². The Labute approximate surface area is 104 Å². The fourth-order valence-corrected chi connectivity index (χ4v) is 1.95. The summed E-state index contributed by atoms with van der Waals surface area (Å²) in [6, 6.07) is 7.19. The van der Waals surface area contributed by atoms with Crippen molar-refractivity contribution < 1.29 is 4.39 Å². The summed E-state index contributed by atoms with van der Waals surface area (Å²) in [6.45, 7) is 9.18.